The standard InChI is InChI=1S/C7H13NO2.H2O/c1-4-5-8(2,3)6-7(9)10;/h4H,1,5-6H2,2-3H3;1H2. The minimum atomic E-state index is -0.771. The first-order valence-corrected chi connectivity index (χ1v) is 3.12. The molecule has 0 bridgehead atoms. The second-order valence-corrected chi connectivity index (χ2v) is 2.96. The molecular weight excluding hydrogens is 146 g/mol. The van der Waals surface area contributed by atoms with Crippen LogP contribution in [0.2, 0.25) is 0 Å². The largest absolute Gasteiger partial charge is 0.870 e. The first-order chi connectivity index (χ1) is 4.48. The average Bonchev–Trinajstić information content (AvgIpc) is 1.59. The number of carboxylic acid groups (broad SMARTS) is 1. The monoisotopic (exact) mass is 161 g/mol. The zero-order chi connectivity index (χ0) is 8.20. The number of rotatable bonds is 4. The van der Waals surface area contributed by atoms with Crippen molar-refractivity contribution in [1.29, 1.82) is 0 Å². The first-order valence-electron chi connectivity index (χ1n) is 3.12. The molecule has 66 valence electrons. The van der Waals surface area contributed by atoms with Gasteiger partial charge < -0.3 is 15.1 Å². The molecule has 0 fully saturated rings. The van der Waals surface area contributed by atoms with E-state index in [-0.39, 0.29) is 12.0 Å². The van der Waals surface area contributed by atoms with Gasteiger partial charge in [-0.15, -0.1) is 0 Å². The Morgan fingerprint density at radius 3 is 2.36 bits per heavy atom. The smallest absolute Gasteiger partial charge is 0.359 e. The van der Waals surface area contributed by atoms with Gasteiger partial charge in [-0.1, -0.05) is 6.58 Å². The lowest BCUT2D eigenvalue weighted by atomic mass is 10.4. The van der Waals surface area contributed by atoms with E-state index in [2.05, 4.69) is 6.58 Å². The fourth-order valence-electron chi connectivity index (χ4n) is 0.780. The summed E-state index contributed by atoms with van der Waals surface area (Å²) in [7, 11) is 3.71. The van der Waals surface area contributed by atoms with Crippen LogP contribution in [-0.2, 0) is 4.79 Å². The molecule has 0 unspecified atom stereocenters. The molecule has 0 spiro atoms. The first kappa shape index (κ1) is 12.8. The Balaban J connectivity index is 0. The molecule has 0 saturated heterocycles. The van der Waals surface area contributed by atoms with Gasteiger partial charge in [0.2, 0.25) is 0 Å². The highest BCUT2D eigenvalue weighted by atomic mass is 16.4. The molecule has 0 aliphatic heterocycles. The SMILES string of the molecule is C=CC[N+](C)(C)CC(=O)O.[OH-]. The molecule has 0 aromatic carbocycles. The van der Waals surface area contributed by atoms with E-state index >= 15 is 0 Å². The van der Waals surface area contributed by atoms with Gasteiger partial charge in [0, 0.05) is 0 Å². The maximum Gasteiger partial charge on any atom is 0.359 e. The van der Waals surface area contributed by atoms with Crippen LogP contribution in [0.4, 0.5) is 0 Å². The second kappa shape index (κ2) is 4.87. The number of hydrogen-bond acceptors (Lipinski definition) is 2. The number of quaternary nitrogens is 1. The van der Waals surface area contributed by atoms with Gasteiger partial charge in [0.1, 0.15) is 0 Å². The lowest BCUT2D eigenvalue weighted by Gasteiger charge is -2.25. The van der Waals surface area contributed by atoms with Crippen LogP contribution in [0.5, 0.6) is 0 Å². The summed E-state index contributed by atoms with van der Waals surface area (Å²) in [6.07, 6.45) is 1.73. The lowest BCUT2D eigenvalue weighted by Crippen LogP contribution is -2.43. The second-order valence-electron chi connectivity index (χ2n) is 2.96. The highest BCUT2D eigenvalue weighted by molar-refractivity contribution is 5.67. The third kappa shape index (κ3) is 7.02. The summed E-state index contributed by atoms with van der Waals surface area (Å²) in [6.45, 7) is 4.38. The van der Waals surface area contributed by atoms with E-state index in [9.17, 15) is 4.79 Å². The number of nitrogens with zero attached hydrogens (tertiary/aromatic N) is 1. The summed E-state index contributed by atoms with van der Waals surface area (Å²) >= 11 is 0. The molecule has 0 atom stereocenters. The normalized spacial score (nSPS) is 10.0. The Morgan fingerprint density at radius 1 is 1.64 bits per heavy atom. The third-order valence-electron chi connectivity index (χ3n) is 1.19. The predicted octanol–water partition coefficient (Wildman–Crippen LogP) is 0.157. The van der Waals surface area contributed by atoms with Gasteiger partial charge in [-0.2, -0.15) is 0 Å². The van der Waals surface area contributed by atoms with Crippen molar-refractivity contribution in [2.75, 3.05) is 27.2 Å². The summed E-state index contributed by atoms with van der Waals surface area (Å²) in [5.74, 6) is -0.771. The number of carbonyl (C=O) groups is 1. The number of carboxylic acids is 1. The minimum absolute atomic E-state index is 0. The molecule has 0 aliphatic carbocycles. The van der Waals surface area contributed by atoms with Gasteiger partial charge >= 0.3 is 5.97 Å². The van der Waals surface area contributed by atoms with Crippen LogP contribution >= 0.6 is 0 Å². The zero-order valence-corrected chi connectivity index (χ0v) is 6.95. The van der Waals surface area contributed by atoms with Crippen molar-refractivity contribution in [3.05, 3.63) is 12.7 Å². The maximum absolute atomic E-state index is 10.2. The molecule has 0 amide bonds. The van der Waals surface area contributed by atoms with Gasteiger partial charge in [-0.25, -0.2) is 4.79 Å². The van der Waals surface area contributed by atoms with Gasteiger partial charge in [0.25, 0.3) is 0 Å². The summed E-state index contributed by atoms with van der Waals surface area (Å²) < 4.78 is 0.457. The van der Waals surface area contributed by atoms with E-state index in [0.717, 1.165) is 0 Å². The van der Waals surface area contributed by atoms with Crippen LogP contribution in [0.15, 0.2) is 12.7 Å². The van der Waals surface area contributed by atoms with Crippen molar-refractivity contribution in [1.82, 2.24) is 0 Å². The molecule has 0 rings (SSSR count). The predicted molar refractivity (Wildman–Crippen MR) is 41.6 cm³/mol. The van der Waals surface area contributed by atoms with Crippen molar-refractivity contribution in [3.8, 4) is 0 Å². The lowest BCUT2D eigenvalue weighted by molar-refractivity contribution is -0.877. The van der Waals surface area contributed by atoms with Crippen molar-refractivity contribution in [2.24, 2.45) is 0 Å². The minimum Gasteiger partial charge on any atom is -0.870 e. The highest BCUT2D eigenvalue weighted by Crippen LogP contribution is 1.94. The molecule has 4 nitrogen and oxygen atoms in total. The fraction of sp³-hybridized carbons (Fsp3) is 0.571. The Kier molecular flexibility index (Phi) is 5.66. The molecule has 0 heterocycles. The molecule has 0 aromatic heterocycles. The summed E-state index contributed by atoms with van der Waals surface area (Å²) in [5, 5.41) is 8.43. The van der Waals surface area contributed by atoms with Crippen LogP contribution in [0, 0.1) is 0 Å². The summed E-state index contributed by atoms with van der Waals surface area (Å²) in [6, 6.07) is 0. The Hall–Kier alpha value is -0.870. The molecule has 2 N–H and O–H groups in total. The molecule has 0 saturated carbocycles. The van der Waals surface area contributed by atoms with Crippen molar-refractivity contribution in [2.45, 2.75) is 0 Å². The van der Waals surface area contributed by atoms with Gasteiger partial charge in [-0.3, -0.25) is 0 Å². The Morgan fingerprint density at radius 2 is 2.09 bits per heavy atom. The number of hydrogen-bond donors (Lipinski definition) is 1. The van der Waals surface area contributed by atoms with Crippen LogP contribution in [0.1, 0.15) is 0 Å². The topological polar surface area (TPSA) is 67.3 Å². The molecule has 0 radical (unpaired) electrons. The van der Waals surface area contributed by atoms with E-state index in [4.69, 9.17) is 5.11 Å². The van der Waals surface area contributed by atoms with Gasteiger partial charge in [0.15, 0.2) is 6.54 Å². The fourth-order valence-corrected chi connectivity index (χ4v) is 0.780. The Bertz CT molecular complexity index is 143. The Labute approximate surface area is 66.6 Å². The average molecular weight is 161 g/mol. The molecular formula is C7H15NO3. The van der Waals surface area contributed by atoms with Crippen molar-refractivity contribution >= 4 is 5.97 Å². The van der Waals surface area contributed by atoms with Crippen LogP contribution < -0.4 is 0 Å². The molecule has 0 aromatic rings. The molecule has 0 aliphatic rings. The van der Waals surface area contributed by atoms with Crippen molar-refractivity contribution in [3.63, 3.8) is 0 Å². The van der Waals surface area contributed by atoms with E-state index in [1.54, 1.807) is 6.08 Å². The highest BCUT2D eigenvalue weighted by Gasteiger charge is 2.16. The number of likely N-dealkylation sites (N-methyl/N-ethyl adjacent to an activating group) is 1. The summed E-state index contributed by atoms with van der Waals surface area (Å²) in [5.41, 5.74) is 0. The third-order valence-corrected chi connectivity index (χ3v) is 1.19. The molecule has 11 heavy (non-hydrogen) atoms. The maximum atomic E-state index is 10.2. The van der Waals surface area contributed by atoms with E-state index in [1.807, 2.05) is 14.1 Å². The van der Waals surface area contributed by atoms with Crippen LogP contribution in [-0.4, -0.2) is 48.2 Å². The van der Waals surface area contributed by atoms with E-state index in [1.165, 1.54) is 0 Å². The van der Waals surface area contributed by atoms with E-state index in [0.29, 0.717) is 11.0 Å². The van der Waals surface area contributed by atoms with Crippen LogP contribution in [0.3, 0.4) is 0 Å². The molecule has 4 heteroatoms. The van der Waals surface area contributed by atoms with Crippen molar-refractivity contribution < 1.29 is 19.9 Å². The van der Waals surface area contributed by atoms with Gasteiger partial charge in [-0.05, 0) is 6.08 Å². The number of aliphatic carboxylic acids is 1. The van der Waals surface area contributed by atoms with E-state index < -0.39 is 5.97 Å². The zero-order valence-electron chi connectivity index (χ0n) is 6.95. The van der Waals surface area contributed by atoms with Crippen LogP contribution in [0.25, 0.3) is 0 Å². The van der Waals surface area contributed by atoms with Gasteiger partial charge in [0.05, 0.1) is 20.6 Å². The quantitative estimate of drug-likeness (QED) is 0.471. The summed E-state index contributed by atoms with van der Waals surface area (Å²) in [4.78, 5) is 10.2.